The van der Waals surface area contributed by atoms with Gasteiger partial charge in [0.25, 0.3) is 0 Å². The van der Waals surface area contributed by atoms with Gasteiger partial charge in [-0.15, -0.1) is 0 Å². The molecule has 0 aliphatic heterocycles. The van der Waals surface area contributed by atoms with Crippen LogP contribution in [0.25, 0.3) is 0 Å². The van der Waals surface area contributed by atoms with Gasteiger partial charge in [-0.1, -0.05) is 35.0 Å². The van der Waals surface area contributed by atoms with Crippen molar-refractivity contribution in [3.8, 4) is 0 Å². The molecule has 0 amide bonds. The van der Waals surface area contributed by atoms with Crippen LogP contribution in [0.2, 0.25) is 0 Å². The van der Waals surface area contributed by atoms with Crippen LogP contribution >= 0.6 is 15.9 Å². The predicted molar refractivity (Wildman–Crippen MR) is 76.3 cm³/mol. The van der Waals surface area contributed by atoms with Gasteiger partial charge < -0.3 is 10.1 Å². The molecule has 0 bridgehead atoms. The molecule has 2 nitrogen and oxygen atoms in total. The second-order valence-corrected chi connectivity index (χ2v) is 5.11. The van der Waals surface area contributed by atoms with E-state index in [4.69, 9.17) is 4.74 Å². The summed E-state index contributed by atoms with van der Waals surface area (Å²) in [5.41, 5.74) is 1.32. The van der Waals surface area contributed by atoms with Crippen LogP contribution in [0.15, 0.2) is 28.7 Å². The van der Waals surface area contributed by atoms with E-state index in [-0.39, 0.29) is 0 Å². The minimum atomic E-state index is 0.397. The second-order valence-electron chi connectivity index (χ2n) is 4.19. The van der Waals surface area contributed by atoms with Crippen molar-refractivity contribution in [1.29, 1.82) is 0 Å². The van der Waals surface area contributed by atoms with Gasteiger partial charge in [-0.05, 0) is 44.0 Å². The van der Waals surface area contributed by atoms with Crippen molar-refractivity contribution in [1.82, 2.24) is 5.32 Å². The largest absolute Gasteiger partial charge is 0.381 e. The van der Waals surface area contributed by atoms with E-state index in [1.54, 1.807) is 0 Å². The number of hydrogen-bond donors (Lipinski definition) is 1. The van der Waals surface area contributed by atoms with Crippen molar-refractivity contribution in [2.75, 3.05) is 19.8 Å². The van der Waals surface area contributed by atoms with Gasteiger partial charge in [0.1, 0.15) is 0 Å². The zero-order valence-corrected chi connectivity index (χ0v) is 12.3. The molecule has 0 heterocycles. The van der Waals surface area contributed by atoms with Gasteiger partial charge in [0.05, 0.1) is 0 Å². The van der Waals surface area contributed by atoms with E-state index >= 15 is 0 Å². The summed E-state index contributed by atoms with van der Waals surface area (Å²) in [5.74, 6) is 0. The maximum absolute atomic E-state index is 5.44. The Morgan fingerprint density at radius 1 is 1.24 bits per heavy atom. The summed E-state index contributed by atoms with van der Waals surface area (Å²) in [6.07, 6.45) is 2.17. The van der Waals surface area contributed by atoms with Crippen LogP contribution in [-0.4, -0.2) is 19.8 Å². The lowest BCUT2D eigenvalue weighted by Gasteiger charge is -2.14. The van der Waals surface area contributed by atoms with Crippen molar-refractivity contribution < 1.29 is 4.74 Å². The molecule has 0 spiro atoms. The number of ether oxygens (including phenoxy) is 1. The quantitative estimate of drug-likeness (QED) is 0.735. The molecule has 1 atom stereocenters. The predicted octanol–water partition coefficient (Wildman–Crippen LogP) is 3.92. The number of hydrogen-bond acceptors (Lipinski definition) is 2. The number of nitrogens with one attached hydrogen (secondary N) is 1. The Bertz CT molecular complexity index is 300. The lowest BCUT2D eigenvalue weighted by molar-refractivity contribution is 0.132. The topological polar surface area (TPSA) is 21.3 Å². The molecule has 0 aliphatic rings. The Morgan fingerprint density at radius 2 is 1.94 bits per heavy atom. The zero-order valence-electron chi connectivity index (χ0n) is 10.7. The molecule has 1 unspecified atom stereocenters. The Hall–Kier alpha value is -0.380. The van der Waals surface area contributed by atoms with E-state index in [9.17, 15) is 0 Å². The van der Waals surface area contributed by atoms with Crippen LogP contribution in [0.4, 0.5) is 0 Å². The maximum Gasteiger partial charge on any atom is 0.0478 e. The first-order chi connectivity index (χ1) is 8.24. The van der Waals surface area contributed by atoms with Gasteiger partial charge in [0, 0.05) is 23.7 Å². The molecule has 1 aromatic carbocycles. The number of benzene rings is 1. The van der Waals surface area contributed by atoms with Gasteiger partial charge in [0.2, 0.25) is 0 Å². The first kappa shape index (κ1) is 14.7. The van der Waals surface area contributed by atoms with Crippen LogP contribution < -0.4 is 5.32 Å². The van der Waals surface area contributed by atoms with Crippen LogP contribution in [-0.2, 0) is 4.74 Å². The van der Waals surface area contributed by atoms with Crippen molar-refractivity contribution in [3.63, 3.8) is 0 Å². The van der Waals surface area contributed by atoms with Crippen molar-refractivity contribution in [2.24, 2.45) is 0 Å². The molecule has 0 aromatic heterocycles. The minimum absolute atomic E-state index is 0.397. The summed E-state index contributed by atoms with van der Waals surface area (Å²) < 4.78 is 6.57. The third kappa shape index (κ3) is 6.20. The first-order valence-electron chi connectivity index (χ1n) is 6.30. The summed E-state index contributed by atoms with van der Waals surface area (Å²) in [6, 6.07) is 8.86. The van der Waals surface area contributed by atoms with Crippen LogP contribution in [0, 0.1) is 0 Å². The van der Waals surface area contributed by atoms with Crippen LogP contribution in [0.5, 0.6) is 0 Å². The molecule has 0 saturated heterocycles. The fourth-order valence-electron chi connectivity index (χ4n) is 1.61. The second kappa shape index (κ2) is 8.67. The van der Waals surface area contributed by atoms with E-state index in [0.717, 1.165) is 37.1 Å². The van der Waals surface area contributed by atoms with Crippen LogP contribution in [0.3, 0.4) is 0 Å². The highest BCUT2D eigenvalue weighted by molar-refractivity contribution is 9.10. The van der Waals surface area contributed by atoms with E-state index in [0.29, 0.717) is 6.04 Å². The third-order valence-corrected chi connectivity index (χ3v) is 3.16. The van der Waals surface area contributed by atoms with E-state index in [1.165, 1.54) is 5.56 Å². The summed E-state index contributed by atoms with van der Waals surface area (Å²) in [6.45, 7) is 7.06. The summed E-state index contributed by atoms with van der Waals surface area (Å²) >= 11 is 3.45. The average Bonchev–Trinajstić information content (AvgIpc) is 2.34. The van der Waals surface area contributed by atoms with E-state index in [2.05, 4.69) is 59.4 Å². The summed E-state index contributed by atoms with van der Waals surface area (Å²) in [5, 5.41) is 3.50. The molecule has 96 valence electrons. The molecule has 1 N–H and O–H groups in total. The number of halogens is 1. The van der Waals surface area contributed by atoms with Crippen molar-refractivity contribution in [3.05, 3.63) is 34.3 Å². The molecule has 17 heavy (non-hydrogen) atoms. The maximum atomic E-state index is 5.44. The lowest BCUT2D eigenvalue weighted by Crippen LogP contribution is -2.21. The molecule has 0 saturated carbocycles. The molecule has 0 radical (unpaired) electrons. The molecule has 0 fully saturated rings. The molecular formula is C14H22BrNO. The Balaban J connectivity index is 2.16. The van der Waals surface area contributed by atoms with E-state index in [1.807, 2.05) is 0 Å². The van der Waals surface area contributed by atoms with Gasteiger partial charge in [-0.3, -0.25) is 0 Å². The highest BCUT2D eigenvalue weighted by atomic mass is 79.9. The fourth-order valence-corrected chi connectivity index (χ4v) is 1.87. The van der Waals surface area contributed by atoms with Crippen molar-refractivity contribution >= 4 is 15.9 Å². The lowest BCUT2D eigenvalue weighted by atomic mass is 10.1. The highest BCUT2D eigenvalue weighted by Crippen LogP contribution is 2.16. The van der Waals surface area contributed by atoms with Crippen molar-refractivity contribution in [2.45, 2.75) is 32.7 Å². The zero-order chi connectivity index (χ0) is 12.5. The standard InChI is InChI=1S/C14H22BrNO/c1-3-10-17-11-4-9-16-12(2)13-5-7-14(15)8-6-13/h5-8,12,16H,3-4,9-11H2,1-2H3. The Morgan fingerprint density at radius 3 is 2.59 bits per heavy atom. The first-order valence-corrected chi connectivity index (χ1v) is 7.10. The smallest absolute Gasteiger partial charge is 0.0478 e. The van der Waals surface area contributed by atoms with Gasteiger partial charge in [0.15, 0.2) is 0 Å². The third-order valence-electron chi connectivity index (χ3n) is 2.63. The molecule has 3 heteroatoms. The monoisotopic (exact) mass is 299 g/mol. The van der Waals surface area contributed by atoms with Gasteiger partial charge in [-0.25, -0.2) is 0 Å². The van der Waals surface area contributed by atoms with Gasteiger partial charge >= 0.3 is 0 Å². The molecule has 1 aromatic rings. The average molecular weight is 300 g/mol. The van der Waals surface area contributed by atoms with Crippen LogP contribution in [0.1, 0.15) is 38.3 Å². The SMILES string of the molecule is CCCOCCCNC(C)c1ccc(Br)cc1. The summed E-state index contributed by atoms with van der Waals surface area (Å²) in [4.78, 5) is 0. The fraction of sp³-hybridized carbons (Fsp3) is 0.571. The Labute approximate surface area is 113 Å². The van der Waals surface area contributed by atoms with E-state index < -0.39 is 0 Å². The molecule has 0 aliphatic carbocycles. The Kier molecular flexibility index (Phi) is 7.49. The molecular weight excluding hydrogens is 278 g/mol. The molecule has 1 rings (SSSR count). The minimum Gasteiger partial charge on any atom is -0.381 e. The number of rotatable bonds is 8. The summed E-state index contributed by atoms with van der Waals surface area (Å²) in [7, 11) is 0. The normalized spacial score (nSPS) is 12.6. The van der Waals surface area contributed by atoms with Gasteiger partial charge in [-0.2, -0.15) is 0 Å². The highest BCUT2D eigenvalue weighted by Gasteiger charge is 2.03.